The number of likely N-dealkylation sites (N-methyl/N-ethyl adjacent to an activating group) is 4. The molecular weight excluding hydrogens is 400 g/mol. The molecule has 9 nitrogen and oxygen atoms in total. The molecular formula is C22H32N4O5. The number of allylic oxidation sites excluding steroid dienone is 2. The molecule has 1 aliphatic carbocycles. The van der Waals surface area contributed by atoms with Crippen molar-refractivity contribution in [1.29, 1.82) is 0 Å². The summed E-state index contributed by atoms with van der Waals surface area (Å²) in [6.07, 6.45) is 0. The zero-order valence-corrected chi connectivity index (χ0v) is 19.6. The molecule has 0 aromatic heterocycles. The van der Waals surface area contributed by atoms with Crippen LogP contribution in [0.1, 0.15) is 20.7 Å². The fraction of sp³-hybridized carbons (Fsp3) is 0.500. The minimum absolute atomic E-state index is 0.0278. The molecule has 0 heterocycles. The van der Waals surface area contributed by atoms with Gasteiger partial charge in [0.25, 0.3) is 0 Å². The Kier molecular flexibility index (Phi) is 7.80. The fourth-order valence-electron chi connectivity index (χ4n) is 3.44. The van der Waals surface area contributed by atoms with E-state index >= 15 is 0 Å². The highest BCUT2D eigenvalue weighted by Crippen LogP contribution is 2.39. The maximum atomic E-state index is 13.6. The standard InChI is InChI=1S/C22H32N4O5/c1-23(2)11-12-25(5)13-16(27)26(6)20-19(24(3)4)21(28)17-14(30-7)9-10-15(31-8)18(17)22(20)29/h9-10H,11-13H2,1-8H3. The van der Waals surface area contributed by atoms with E-state index in [1.807, 2.05) is 30.9 Å². The van der Waals surface area contributed by atoms with Crippen molar-refractivity contribution in [2.45, 2.75) is 0 Å². The second kappa shape index (κ2) is 9.93. The predicted molar refractivity (Wildman–Crippen MR) is 118 cm³/mol. The lowest BCUT2D eigenvalue weighted by molar-refractivity contribution is -0.129. The van der Waals surface area contributed by atoms with Crippen LogP contribution in [-0.2, 0) is 4.79 Å². The van der Waals surface area contributed by atoms with Crippen LogP contribution in [-0.4, -0.2) is 113 Å². The van der Waals surface area contributed by atoms with E-state index < -0.39 is 11.6 Å². The second-order valence-electron chi connectivity index (χ2n) is 7.96. The van der Waals surface area contributed by atoms with Gasteiger partial charge in [-0.15, -0.1) is 0 Å². The Bertz CT molecular complexity index is 907. The van der Waals surface area contributed by atoms with Gasteiger partial charge in [-0.05, 0) is 33.3 Å². The van der Waals surface area contributed by atoms with Crippen molar-refractivity contribution in [3.05, 3.63) is 34.7 Å². The van der Waals surface area contributed by atoms with Crippen molar-refractivity contribution in [2.75, 3.05) is 76.1 Å². The van der Waals surface area contributed by atoms with Crippen molar-refractivity contribution in [1.82, 2.24) is 19.6 Å². The molecule has 1 aliphatic rings. The first-order chi connectivity index (χ1) is 14.5. The Hall–Kier alpha value is -2.91. The molecule has 0 aliphatic heterocycles. The monoisotopic (exact) mass is 432 g/mol. The number of hydrogen-bond donors (Lipinski definition) is 0. The van der Waals surface area contributed by atoms with Crippen molar-refractivity contribution >= 4 is 17.5 Å². The van der Waals surface area contributed by atoms with Gasteiger partial charge >= 0.3 is 0 Å². The smallest absolute Gasteiger partial charge is 0.241 e. The molecule has 0 saturated heterocycles. The lowest BCUT2D eigenvalue weighted by atomic mass is 9.87. The summed E-state index contributed by atoms with van der Waals surface area (Å²) < 4.78 is 10.7. The molecule has 1 aromatic rings. The summed E-state index contributed by atoms with van der Waals surface area (Å²) in [6.45, 7) is 1.59. The summed E-state index contributed by atoms with van der Waals surface area (Å²) in [5.74, 6) is -0.604. The maximum Gasteiger partial charge on any atom is 0.241 e. The largest absolute Gasteiger partial charge is 0.496 e. The summed E-state index contributed by atoms with van der Waals surface area (Å²) in [7, 11) is 13.5. The summed E-state index contributed by atoms with van der Waals surface area (Å²) in [5, 5.41) is 0. The Labute approximate surface area is 183 Å². The Morgan fingerprint density at radius 3 is 1.71 bits per heavy atom. The van der Waals surface area contributed by atoms with Gasteiger partial charge in [0.15, 0.2) is 0 Å². The molecule has 170 valence electrons. The van der Waals surface area contributed by atoms with Gasteiger partial charge in [0, 0.05) is 34.2 Å². The lowest BCUT2D eigenvalue weighted by Crippen LogP contribution is -2.43. The summed E-state index contributed by atoms with van der Waals surface area (Å²) >= 11 is 0. The molecule has 0 spiro atoms. The van der Waals surface area contributed by atoms with Crippen molar-refractivity contribution < 1.29 is 23.9 Å². The number of ketones is 2. The molecule has 0 saturated carbocycles. The van der Waals surface area contributed by atoms with Crippen LogP contribution in [0, 0.1) is 0 Å². The second-order valence-corrected chi connectivity index (χ2v) is 7.96. The highest BCUT2D eigenvalue weighted by Gasteiger charge is 2.41. The Balaban J connectivity index is 2.51. The number of benzene rings is 1. The summed E-state index contributed by atoms with van der Waals surface area (Å²) in [4.78, 5) is 46.8. The normalized spacial score (nSPS) is 13.6. The van der Waals surface area contributed by atoms with Gasteiger partial charge in [0.1, 0.15) is 22.9 Å². The van der Waals surface area contributed by atoms with Gasteiger partial charge in [-0.2, -0.15) is 0 Å². The quantitative estimate of drug-likeness (QED) is 0.567. The van der Waals surface area contributed by atoms with Crippen LogP contribution < -0.4 is 9.47 Å². The first-order valence-electron chi connectivity index (χ1n) is 9.90. The molecule has 0 bridgehead atoms. The molecule has 1 aromatic carbocycles. The third-order valence-electron chi connectivity index (χ3n) is 5.17. The number of amides is 1. The predicted octanol–water partition coefficient (Wildman–Crippen LogP) is 0.808. The highest BCUT2D eigenvalue weighted by atomic mass is 16.5. The van der Waals surface area contributed by atoms with Gasteiger partial charge < -0.3 is 24.2 Å². The van der Waals surface area contributed by atoms with Crippen LogP contribution in [0.25, 0.3) is 0 Å². The van der Waals surface area contributed by atoms with Crippen LogP contribution in [0.5, 0.6) is 11.5 Å². The molecule has 1 amide bonds. The zero-order chi connectivity index (χ0) is 23.5. The molecule has 0 N–H and O–H groups in total. The molecule has 31 heavy (non-hydrogen) atoms. The first-order valence-corrected chi connectivity index (χ1v) is 9.90. The van der Waals surface area contributed by atoms with Gasteiger partial charge in [0.2, 0.25) is 17.5 Å². The number of nitrogens with zero attached hydrogens (tertiary/aromatic N) is 4. The Morgan fingerprint density at radius 1 is 0.806 bits per heavy atom. The van der Waals surface area contributed by atoms with E-state index in [9.17, 15) is 14.4 Å². The van der Waals surface area contributed by atoms with E-state index in [0.29, 0.717) is 6.54 Å². The third kappa shape index (κ3) is 4.88. The van der Waals surface area contributed by atoms with Crippen LogP contribution in [0.15, 0.2) is 23.5 Å². The summed E-state index contributed by atoms with van der Waals surface area (Å²) in [6, 6.07) is 3.17. The van der Waals surface area contributed by atoms with Crippen molar-refractivity contribution in [3.8, 4) is 11.5 Å². The van der Waals surface area contributed by atoms with Crippen LogP contribution in [0.3, 0.4) is 0 Å². The number of carbonyl (C=O) groups excluding carboxylic acids is 3. The molecule has 2 rings (SSSR count). The number of rotatable bonds is 9. The minimum Gasteiger partial charge on any atom is -0.496 e. The van der Waals surface area contributed by atoms with Crippen LogP contribution in [0.2, 0.25) is 0 Å². The van der Waals surface area contributed by atoms with E-state index in [1.54, 1.807) is 31.1 Å². The lowest BCUT2D eigenvalue weighted by Gasteiger charge is -2.32. The van der Waals surface area contributed by atoms with E-state index in [4.69, 9.17) is 9.47 Å². The summed E-state index contributed by atoms with van der Waals surface area (Å²) in [5.41, 5.74) is 0.409. The first kappa shape index (κ1) is 24.4. The molecule has 9 heteroatoms. The molecule has 0 fully saturated rings. The average molecular weight is 433 g/mol. The molecule has 0 atom stereocenters. The number of hydrogen-bond acceptors (Lipinski definition) is 8. The third-order valence-corrected chi connectivity index (χ3v) is 5.17. The van der Waals surface area contributed by atoms with E-state index in [1.165, 1.54) is 26.2 Å². The van der Waals surface area contributed by atoms with E-state index in [0.717, 1.165) is 6.54 Å². The van der Waals surface area contributed by atoms with Gasteiger partial charge in [-0.1, -0.05) is 0 Å². The number of ether oxygens (including phenoxy) is 2. The maximum absolute atomic E-state index is 13.6. The molecule has 0 unspecified atom stereocenters. The van der Waals surface area contributed by atoms with Crippen LogP contribution in [0.4, 0.5) is 0 Å². The van der Waals surface area contributed by atoms with Crippen molar-refractivity contribution in [2.24, 2.45) is 0 Å². The van der Waals surface area contributed by atoms with Crippen LogP contribution >= 0.6 is 0 Å². The number of fused-ring (bicyclic) bond motifs is 1. The topological polar surface area (TPSA) is 82.6 Å². The van der Waals surface area contributed by atoms with Gasteiger partial charge in [-0.3, -0.25) is 19.3 Å². The number of methoxy groups -OCH3 is 2. The van der Waals surface area contributed by atoms with Crippen molar-refractivity contribution in [3.63, 3.8) is 0 Å². The van der Waals surface area contributed by atoms with Gasteiger partial charge in [-0.25, -0.2) is 0 Å². The average Bonchev–Trinajstić information content (AvgIpc) is 2.72. The Morgan fingerprint density at radius 2 is 1.29 bits per heavy atom. The van der Waals surface area contributed by atoms with E-state index in [-0.39, 0.29) is 46.5 Å². The van der Waals surface area contributed by atoms with Gasteiger partial charge in [0.05, 0.1) is 31.9 Å². The highest BCUT2D eigenvalue weighted by molar-refractivity contribution is 6.29. The number of Topliss-reactive ketones (excluding diaryl/α,β-unsaturated/α-hetero) is 2. The van der Waals surface area contributed by atoms with E-state index in [2.05, 4.69) is 0 Å². The minimum atomic E-state index is -0.458. The zero-order valence-electron chi connectivity index (χ0n) is 19.6. The number of carbonyl (C=O) groups is 3. The fourth-order valence-corrected chi connectivity index (χ4v) is 3.44. The SMILES string of the molecule is COc1ccc(OC)c2c1C(=O)C(N(C)C)=C(N(C)C(=O)CN(C)CCN(C)C)C2=O. The molecule has 0 radical (unpaired) electrons.